The van der Waals surface area contributed by atoms with Gasteiger partial charge in [0.25, 0.3) is 10.0 Å². The molecular weight excluding hydrogens is 424 g/mol. The molecular formula is C23H28N6O2S. The molecule has 0 aliphatic heterocycles. The highest BCUT2D eigenvalue weighted by atomic mass is 32.2. The highest BCUT2D eigenvalue weighted by Crippen LogP contribution is 2.31. The maximum atomic E-state index is 12.5. The number of benzene rings is 1. The second-order valence-corrected chi connectivity index (χ2v) is 10.6. The first kappa shape index (κ1) is 22.2. The third kappa shape index (κ3) is 4.44. The smallest absolute Gasteiger partial charge is 0.257 e. The van der Waals surface area contributed by atoms with E-state index in [0.29, 0.717) is 19.4 Å². The third-order valence-corrected chi connectivity index (χ3v) is 7.04. The molecule has 32 heavy (non-hydrogen) atoms. The molecule has 0 aliphatic carbocycles. The molecule has 0 fully saturated rings. The van der Waals surface area contributed by atoms with Crippen LogP contribution in [0, 0.1) is 0 Å². The first-order valence-corrected chi connectivity index (χ1v) is 12.0. The van der Waals surface area contributed by atoms with Gasteiger partial charge in [0.1, 0.15) is 5.52 Å². The molecule has 3 heterocycles. The van der Waals surface area contributed by atoms with Crippen molar-refractivity contribution in [1.82, 2.24) is 29.2 Å². The van der Waals surface area contributed by atoms with Gasteiger partial charge in [0, 0.05) is 31.5 Å². The van der Waals surface area contributed by atoms with E-state index in [1.54, 1.807) is 19.4 Å². The minimum atomic E-state index is -3.60. The minimum Gasteiger partial charge on any atom is -0.338 e. The molecule has 4 aromatic rings. The zero-order chi connectivity index (χ0) is 22.9. The summed E-state index contributed by atoms with van der Waals surface area (Å²) in [6, 6.07) is 8.51. The van der Waals surface area contributed by atoms with Gasteiger partial charge < -0.3 is 9.55 Å². The molecule has 0 radical (unpaired) electrons. The average molecular weight is 453 g/mol. The summed E-state index contributed by atoms with van der Waals surface area (Å²) in [4.78, 5) is 16.2. The van der Waals surface area contributed by atoms with Gasteiger partial charge in [0.2, 0.25) is 0 Å². The number of imidazole rings is 1. The van der Waals surface area contributed by atoms with Gasteiger partial charge in [-0.2, -0.15) is 0 Å². The van der Waals surface area contributed by atoms with E-state index in [4.69, 9.17) is 0 Å². The van der Waals surface area contributed by atoms with Gasteiger partial charge in [-0.25, -0.2) is 23.1 Å². The number of aromatic amines is 1. The van der Waals surface area contributed by atoms with Gasteiger partial charge in [-0.15, -0.1) is 0 Å². The summed E-state index contributed by atoms with van der Waals surface area (Å²) in [5, 5.41) is 0.148. The lowest BCUT2D eigenvalue weighted by Crippen LogP contribution is -2.26. The summed E-state index contributed by atoms with van der Waals surface area (Å²) in [5.41, 5.74) is 5.96. The molecule has 0 atom stereocenters. The molecule has 0 bridgehead atoms. The van der Waals surface area contributed by atoms with E-state index >= 15 is 0 Å². The monoisotopic (exact) mass is 452 g/mol. The Balaban J connectivity index is 1.55. The van der Waals surface area contributed by atoms with Crippen LogP contribution in [0.4, 0.5) is 0 Å². The Kier molecular flexibility index (Phi) is 5.87. The molecule has 2 N–H and O–H groups in total. The van der Waals surface area contributed by atoms with E-state index < -0.39 is 10.0 Å². The molecule has 0 amide bonds. The standard InChI is InChI=1S/C23H28N6O2S/c1-23(2,3)17-9-7-16(8-10-17)20-18(21-22(28-20)26-13-12-25-21)6-5-11-27-32(30,31)19-14-24-15-29(19)4/h7-10,12-15,27H,5-6,11H2,1-4H3,(H,26,28). The van der Waals surface area contributed by atoms with Crippen LogP contribution >= 0.6 is 0 Å². The quantitative estimate of drug-likeness (QED) is 0.417. The van der Waals surface area contributed by atoms with Crippen LogP contribution in [0.5, 0.6) is 0 Å². The Morgan fingerprint density at radius 2 is 1.81 bits per heavy atom. The Hall–Kier alpha value is -3.04. The predicted octanol–water partition coefficient (Wildman–Crippen LogP) is 3.57. The van der Waals surface area contributed by atoms with Crippen molar-refractivity contribution < 1.29 is 8.42 Å². The maximum Gasteiger partial charge on any atom is 0.257 e. The first-order valence-electron chi connectivity index (χ1n) is 10.6. The molecule has 0 saturated heterocycles. The fourth-order valence-corrected chi connectivity index (χ4v) is 4.93. The SMILES string of the molecule is Cn1cncc1S(=O)(=O)NCCCc1c(-c2ccc(C(C)(C)C)cc2)[nH]c2nccnc12. The maximum absolute atomic E-state index is 12.5. The van der Waals surface area contributed by atoms with Gasteiger partial charge in [0.05, 0.1) is 18.2 Å². The van der Waals surface area contributed by atoms with Crippen LogP contribution in [0.1, 0.15) is 38.3 Å². The number of nitrogens with zero attached hydrogens (tertiary/aromatic N) is 4. The normalized spacial score (nSPS) is 12.5. The van der Waals surface area contributed by atoms with Gasteiger partial charge in [-0.05, 0) is 29.4 Å². The van der Waals surface area contributed by atoms with Crippen molar-refractivity contribution in [2.45, 2.75) is 44.1 Å². The number of sulfonamides is 1. The van der Waals surface area contributed by atoms with Crippen LogP contribution in [0.3, 0.4) is 0 Å². The molecule has 8 nitrogen and oxygen atoms in total. The van der Waals surface area contributed by atoms with Gasteiger partial charge in [-0.1, -0.05) is 45.0 Å². The lowest BCUT2D eigenvalue weighted by atomic mass is 9.86. The van der Waals surface area contributed by atoms with Crippen molar-refractivity contribution in [1.29, 1.82) is 0 Å². The summed E-state index contributed by atoms with van der Waals surface area (Å²) < 4.78 is 29.1. The van der Waals surface area contributed by atoms with Crippen molar-refractivity contribution in [2.75, 3.05) is 6.54 Å². The van der Waals surface area contributed by atoms with Gasteiger partial charge in [0.15, 0.2) is 10.7 Å². The lowest BCUT2D eigenvalue weighted by Gasteiger charge is -2.19. The van der Waals surface area contributed by atoms with Crippen molar-refractivity contribution >= 4 is 21.2 Å². The summed E-state index contributed by atoms with van der Waals surface area (Å²) in [6.45, 7) is 6.88. The molecule has 0 aliphatic rings. The topological polar surface area (TPSA) is 106 Å². The van der Waals surface area contributed by atoms with E-state index in [0.717, 1.165) is 28.0 Å². The highest BCUT2D eigenvalue weighted by molar-refractivity contribution is 7.89. The third-order valence-electron chi connectivity index (χ3n) is 5.51. The van der Waals surface area contributed by atoms with Crippen LogP contribution in [0.15, 0.2) is 54.2 Å². The van der Waals surface area contributed by atoms with Gasteiger partial charge in [-0.3, -0.25) is 4.98 Å². The van der Waals surface area contributed by atoms with Crippen molar-refractivity contribution in [3.05, 3.63) is 60.3 Å². The zero-order valence-corrected chi connectivity index (χ0v) is 19.6. The van der Waals surface area contributed by atoms with Gasteiger partial charge >= 0.3 is 0 Å². The number of aromatic nitrogens is 5. The minimum absolute atomic E-state index is 0.0793. The highest BCUT2D eigenvalue weighted by Gasteiger charge is 2.19. The van der Waals surface area contributed by atoms with E-state index in [-0.39, 0.29) is 10.4 Å². The van der Waals surface area contributed by atoms with E-state index in [1.165, 1.54) is 22.7 Å². The zero-order valence-electron chi connectivity index (χ0n) is 18.8. The average Bonchev–Trinajstić information content (AvgIpc) is 3.35. The molecule has 0 saturated carbocycles. The number of H-pyrrole nitrogens is 1. The van der Waals surface area contributed by atoms with Crippen LogP contribution in [0.25, 0.3) is 22.4 Å². The van der Waals surface area contributed by atoms with Crippen molar-refractivity contribution in [3.63, 3.8) is 0 Å². The predicted molar refractivity (Wildman–Crippen MR) is 125 cm³/mol. The summed E-state index contributed by atoms with van der Waals surface area (Å²) >= 11 is 0. The second kappa shape index (κ2) is 8.48. The van der Waals surface area contributed by atoms with E-state index in [9.17, 15) is 8.42 Å². The Morgan fingerprint density at radius 1 is 1.09 bits per heavy atom. The molecule has 4 rings (SSSR count). The number of aryl methyl sites for hydroxylation is 2. The number of hydrogen-bond donors (Lipinski definition) is 2. The van der Waals surface area contributed by atoms with Crippen LogP contribution in [0.2, 0.25) is 0 Å². The number of fused-ring (bicyclic) bond motifs is 1. The lowest BCUT2D eigenvalue weighted by molar-refractivity contribution is 0.569. The molecule has 0 unspecified atom stereocenters. The van der Waals surface area contributed by atoms with E-state index in [2.05, 4.69) is 69.7 Å². The van der Waals surface area contributed by atoms with Crippen molar-refractivity contribution in [3.8, 4) is 11.3 Å². The summed E-state index contributed by atoms with van der Waals surface area (Å²) in [5.74, 6) is 0. The van der Waals surface area contributed by atoms with Crippen molar-refractivity contribution in [2.24, 2.45) is 7.05 Å². The Bertz CT molecular complexity index is 1330. The number of nitrogens with one attached hydrogen (secondary N) is 2. The molecule has 168 valence electrons. The molecule has 0 spiro atoms. The fraction of sp³-hybridized carbons (Fsp3) is 0.348. The molecule has 9 heteroatoms. The number of rotatable bonds is 7. The molecule has 1 aromatic carbocycles. The first-order chi connectivity index (χ1) is 15.2. The summed E-state index contributed by atoms with van der Waals surface area (Å²) in [7, 11) is -1.94. The Morgan fingerprint density at radius 3 is 2.47 bits per heavy atom. The summed E-state index contributed by atoms with van der Waals surface area (Å²) in [6.07, 6.45) is 7.43. The largest absolute Gasteiger partial charge is 0.338 e. The number of hydrogen-bond acceptors (Lipinski definition) is 5. The Labute approximate surface area is 188 Å². The van der Waals surface area contributed by atoms with Crippen LogP contribution in [-0.2, 0) is 28.9 Å². The second-order valence-electron chi connectivity index (χ2n) is 8.90. The van der Waals surface area contributed by atoms with Crippen LogP contribution < -0.4 is 4.72 Å². The molecule has 3 aromatic heterocycles. The van der Waals surface area contributed by atoms with Crippen LogP contribution in [-0.4, -0.2) is 39.5 Å². The fourth-order valence-electron chi connectivity index (χ4n) is 3.74. The van der Waals surface area contributed by atoms with E-state index in [1.807, 2.05) is 0 Å².